The Balaban J connectivity index is 0.00000324. The Hall–Kier alpha value is -0.360. The van der Waals surface area contributed by atoms with Crippen molar-refractivity contribution in [3.63, 3.8) is 0 Å². The maximum Gasteiger partial charge on any atom is 0.243 e. The summed E-state index contributed by atoms with van der Waals surface area (Å²) in [5, 5.41) is 0. The quantitative estimate of drug-likeness (QED) is 0.795. The molecule has 2 N–H and O–H groups in total. The summed E-state index contributed by atoms with van der Waals surface area (Å²) < 4.78 is 10.6. The van der Waals surface area contributed by atoms with E-state index < -0.39 is 5.54 Å². The SMILES string of the molecule is CCOC1CC(N)(C(=O)N(C)CCOC)C1(C)C.Cl. The van der Waals surface area contributed by atoms with Gasteiger partial charge in [0.05, 0.1) is 12.7 Å². The molecule has 1 rings (SSSR count). The molecule has 1 aliphatic carbocycles. The summed E-state index contributed by atoms with van der Waals surface area (Å²) >= 11 is 0. The lowest BCUT2D eigenvalue weighted by Crippen LogP contribution is -2.75. The summed E-state index contributed by atoms with van der Waals surface area (Å²) in [6.07, 6.45) is 0.650. The van der Waals surface area contributed by atoms with Gasteiger partial charge in [0.2, 0.25) is 5.91 Å². The topological polar surface area (TPSA) is 64.8 Å². The Morgan fingerprint density at radius 3 is 2.47 bits per heavy atom. The highest BCUT2D eigenvalue weighted by atomic mass is 35.5. The van der Waals surface area contributed by atoms with E-state index in [1.165, 1.54) is 0 Å². The molecule has 0 aromatic heterocycles. The maximum atomic E-state index is 12.4. The second-order valence-corrected chi connectivity index (χ2v) is 5.56. The van der Waals surface area contributed by atoms with Crippen LogP contribution < -0.4 is 5.73 Å². The van der Waals surface area contributed by atoms with Crippen LogP contribution in [0.4, 0.5) is 0 Å². The van der Waals surface area contributed by atoms with Crippen LogP contribution in [0.2, 0.25) is 0 Å². The Labute approximate surface area is 122 Å². The average molecular weight is 295 g/mol. The van der Waals surface area contributed by atoms with E-state index in [-0.39, 0.29) is 29.8 Å². The first kappa shape index (κ1) is 18.6. The minimum absolute atomic E-state index is 0. The van der Waals surface area contributed by atoms with Crippen molar-refractivity contribution >= 4 is 18.3 Å². The van der Waals surface area contributed by atoms with Gasteiger partial charge in [-0.15, -0.1) is 12.4 Å². The number of halogens is 1. The van der Waals surface area contributed by atoms with Crippen molar-refractivity contribution in [2.45, 2.75) is 38.8 Å². The van der Waals surface area contributed by atoms with Gasteiger partial charge in [-0.3, -0.25) is 4.79 Å². The van der Waals surface area contributed by atoms with E-state index in [9.17, 15) is 4.79 Å². The van der Waals surface area contributed by atoms with E-state index >= 15 is 0 Å². The Morgan fingerprint density at radius 1 is 1.47 bits per heavy atom. The van der Waals surface area contributed by atoms with Crippen LogP contribution in [0, 0.1) is 5.41 Å². The Morgan fingerprint density at radius 2 is 2.05 bits per heavy atom. The number of carbonyl (C=O) groups excluding carboxylic acids is 1. The molecule has 1 fully saturated rings. The highest BCUT2D eigenvalue weighted by Gasteiger charge is 2.63. The number of hydrogen-bond donors (Lipinski definition) is 1. The fraction of sp³-hybridized carbons (Fsp3) is 0.923. The molecule has 114 valence electrons. The molecule has 6 heteroatoms. The maximum absolute atomic E-state index is 12.4. The van der Waals surface area contributed by atoms with Crippen molar-refractivity contribution in [1.29, 1.82) is 0 Å². The molecule has 1 saturated carbocycles. The van der Waals surface area contributed by atoms with Crippen LogP contribution in [0.25, 0.3) is 0 Å². The standard InChI is InChI=1S/C13H26N2O3.ClH/c1-6-18-10-9-13(14,12(10,2)3)11(16)15(4)7-8-17-5;/h10H,6-9,14H2,1-5H3;1H. The Bertz CT molecular complexity index is 312. The zero-order valence-corrected chi connectivity index (χ0v) is 13.4. The number of nitrogens with zero attached hydrogens (tertiary/aromatic N) is 1. The van der Waals surface area contributed by atoms with Crippen LogP contribution in [-0.2, 0) is 14.3 Å². The number of nitrogens with two attached hydrogens (primary N) is 1. The number of likely N-dealkylation sites (N-methyl/N-ethyl adjacent to an activating group) is 1. The molecule has 1 amide bonds. The smallest absolute Gasteiger partial charge is 0.243 e. The first-order chi connectivity index (χ1) is 8.31. The Kier molecular flexibility index (Phi) is 6.75. The minimum atomic E-state index is -0.824. The second kappa shape index (κ2) is 6.88. The summed E-state index contributed by atoms with van der Waals surface area (Å²) in [4.78, 5) is 14.1. The lowest BCUT2D eigenvalue weighted by atomic mass is 9.54. The highest BCUT2D eigenvalue weighted by Crippen LogP contribution is 2.50. The molecular weight excluding hydrogens is 268 g/mol. The molecule has 0 aliphatic heterocycles. The number of amides is 1. The monoisotopic (exact) mass is 294 g/mol. The lowest BCUT2D eigenvalue weighted by Gasteiger charge is -2.58. The second-order valence-electron chi connectivity index (χ2n) is 5.56. The van der Waals surface area contributed by atoms with Gasteiger partial charge in [-0.1, -0.05) is 13.8 Å². The van der Waals surface area contributed by atoms with Gasteiger partial charge in [0.1, 0.15) is 5.54 Å². The fourth-order valence-corrected chi connectivity index (χ4v) is 2.47. The summed E-state index contributed by atoms with van der Waals surface area (Å²) in [6.45, 7) is 7.69. The summed E-state index contributed by atoms with van der Waals surface area (Å²) in [5.74, 6) is -0.0273. The predicted octanol–water partition coefficient (Wildman–Crippen LogP) is 1.05. The van der Waals surface area contributed by atoms with Crippen LogP contribution in [0.5, 0.6) is 0 Å². The first-order valence-electron chi connectivity index (χ1n) is 6.46. The minimum Gasteiger partial charge on any atom is -0.383 e. The molecule has 0 spiro atoms. The first-order valence-corrected chi connectivity index (χ1v) is 6.46. The van der Waals surface area contributed by atoms with Crippen molar-refractivity contribution in [2.24, 2.45) is 11.1 Å². The van der Waals surface area contributed by atoms with E-state index in [0.717, 1.165) is 0 Å². The molecule has 0 aromatic carbocycles. The summed E-state index contributed by atoms with van der Waals surface area (Å²) in [7, 11) is 3.38. The summed E-state index contributed by atoms with van der Waals surface area (Å²) in [6, 6.07) is 0. The fourth-order valence-electron chi connectivity index (χ4n) is 2.47. The van der Waals surface area contributed by atoms with Gasteiger partial charge >= 0.3 is 0 Å². The molecule has 1 aliphatic rings. The van der Waals surface area contributed by atoms with Crippen molar-refractivity contribution < 1.29 is 14.3 Å². The van der Waals surface area contributed by atoms with E-state index in [0.29, 0.717) is 26.2 Å². The van der Waals surface area contributed by atoms with Gasteiger partial charge in [-0.25, -0.2) is 0 Å². The molecule has 2 atom stereocenters. The van der Waals surface area contributed by atoms with Gasteiger partial charge < -0.3 is 20.1 Å². The van der Waals surface area contributed by atoms with Gasteiger partial charge in [-0.2, -0.15) is 0 Å². The normalized spacial score (nSPS) is 28.2. The molecule has 5 nitrogen and oxygen atoms in total. The highest BCUT2D eigenvalue weighted by molar-refractivity contribution is 5.88. The number of hydrogen-bond acceptors (Lipinski definition) is 4. The van der Waals surface area contributed by atoms with E-state index in [1.54, 1.807) is 19.1 Å². The van der Waals surface area contributed by atoms with Gasteiger partial charge in [0.15, 0.2) is 0 Å². The third kappa shape index (κ3) is 3.21. The molecule has 19 heavy (non-hydrogen) atoms. The molecule has 2 unspecified atom stereocenters. The third-order valence-corrected chi connectivity index (χ3v) is 4.19. The number of carbonyl (C=O) groups is 1. The van der Waals surface area contributed by atoms with Crippen LogP contribution in [0.1, 0.15) is 27.2 Å². The zero-order chi connectivity index (χ0) is 14.0. The molecule has 0 saturated heterocycles. The molecular formula is C13H27ClN2O3. The van der Waals surface area contributed by atoms with Gasteiger partial charge in [-0.05, 0) is 6.92 Å². The zero-order valence-electron chi connectivity index (χ0n) is 12.6. The molecule has 0 bridgehead atoms. The number of methoxy groups -OCH3 is 1. The van der Waals surface area contributed by atoms with Crippen LogP contribution in [-0.4, -0.2) is 56.4 Å². The van der Waals surface area contributed by atoms with E-state index in [2.05, 4.69) is 0 Å². The summed E-state index contributed by atoms with van der Waals surface area (Å²) in [5.41, 5.74) is 5.15. The largest absolute Gasteiger partial charge is 0.383 e. The van der Waals surface area contributed by atoms with Crippen molar-refractivity contribution in [3.05, 3.63) is 0 Å². The molecule has 0 radical (unpaired) electrons. The average Bonchev–Trinajstić information content (AvgIpc) is 2.34. The van der Waals surface area contributed by atoms with Crippen molar-refractivity contribution in [3.8, 4) is 0 Å². The van der Waals surface area contributed by atoms with Crippen LogP contribution >= 0.6 is 12.4 Å². The van der Waals surface area contributed by atoms with Crippen LogP contribution in [0.15, 0.2) is 0 Å². The van der Waals surface area contributed by atoms with Crippen molar-refractivity contribution in [1.82, 2.24) is 4.90 Å². The molecule has 0 heterocycles. The van der Waals surface area contributed by atoms with Gasteiger partial charge in [0.25, 0.3) is 0 Å². The predicted molar refractivity (Wildman–Crippen MR) is 77.5 cm³/mol. The van der Waals surface area contributed by atoms with E-state index in [1.807, 2.05) is 20.8 Å². The molecule has 0 aromatic rings. The third-order valence-electron chi connectivity index (χ3n) is 4.19. The van der Waals surface area contributed by atoms with Gasteiger partial charge in [0, 0.05) is 39.1 Å². The van der Waals surface area contributed by atoms with E-state index in [4.69, 9.17) is 15.2 Å². The van der Waals surface area contributed by atoms with Crippen LogP contribution in [0.3, 0.4) is 0 Å². The number of rotatable bonds is 6. The lowest BCUT2D eigenvalue weighted by molar-refractivity contribution is -0.178. The van der Waals surface area contributed by atoms with Crippen molar-refractivity contribution in [2.75, 3.05) is 33.9 Å². The number of ether oxygens (including phenoxy) is 2.